The van der Waals surface area contributed by atoms with Crippen LogP contribution >= 0.6 is 0 Å². The van der Waals surface area contributed by atoms with Gasteiger partial charge in [-0.1, -0.05) is 6.07 Å². The van der Waals surface area contributed by atoms with Crippen molar-refractivity contribution >= 4 is 5.97 Å². The molecule has 3 rings (SSSR count). The zero-order valence-electron chi connectivity index (χ0n) is 11.1. The first-order valence-corrected chi connectivity index (χ1v) is 7.01. The molecule has 5 heteroatoms. The lowest BCUT2D eigenvalue weighted by Crippen LogP contribution is -2.43. The van der Waals surface area contributed by atoms with Crippen LogP contribution in [0.1, 0.15) is 30.7 Å². The van der Waals surface area contributed by atoms with Crippen LogP contribution in [0.4, 0.5) is 8.78 Å². The number of likely N-dealkylation sites (tertiary alicyclic amines) is 1. The first kappa shape index (κ1) is 13.5. The minimum absolute atomic E-state index is 0.110. The number of carbonyl (C=O) groups excluding carboxylic acids is 1. The van der Waals surface area contributed by atoms with Gasteiger partial charge in [-0.2, -0.15) is 0 Å². The van der Waals surface area contributed by atoms with Gasteiger partial charge in [0.05, 0.1) is 6.61 Å². The summed E-state index contributed by atoms with van der Waals surface area (Å²) in [7, 11) is 0. The number of ether oxygens (including phenoxy) is 1. The van der Waals surface area contributed by atoms with Gasteiger partial charge < -0.3 is 4.74 Å². The van der Waals surface area contributed by atoms with E-state index in [2.05, 4.69) is 4.90 Å². The van der Waals surface area contributed by atoms with Gasteiger partial charge in [0.15, 0.2) is 11.6 Å². The summed E-state index contributed by atoms with van der Waals surface area (Å²) in [5.74, 6) is -1.49. The van der Waals surface area contributed by atoms with Gasteiger partial charge in [-0.3, -0.25) is 9.69 Å². The Morgan fingerprint density at radius 2 is 1.85 bits per heavy atom. The molecule has 20 heavy (non-hydrogen) atoms. The summed E-state index contributed by atoms with van der Waals surface area (Å²) < 4.78 is 31.2. The van der Waals surface area contributed by atoms with Crippen LogP contribution in [0.5, 0.6) is 0 Å². The minimum Gasteiger partial charge on any atom is -0.464 e. The second kappa shape index (κ2) is 5.48. The molecule has 2 fully saturated rings. The molecule has 2 aliphatic heterocycles. The molecule has 2 heterocycles. The Bertz CT molecular complexity index is 513. The molecule has 0 bridgehead atoms. The molecule has 0 N–H and O–H groups in total. The minimum atomic E-state index is -0.806. The Kier molecular flexibility index (Phi) is 3.70. The second-order valence-corrected chi connectivity index (χ2v) is 5.46. The number of halogens is 2. The zero-order valence-corrected chi connectivity index (χ0v) is 11.1. The predicted octanol–water partition coefficient (Wildman–Crippen LogP) is 2.46. The van der Waals surface area contributed by atoms with Gasteiger partial charge >= 0.3 is 5.97 Å². The Labute approximate surface area is 116 Å². The van der Waals surface area contributed by atoms with Crippen molar-refractivity contribution in [2.24, 2.45) is 0 Å². The van der Waals surface area contributed by atoms with Crippen LogP contribution in [0.3, 0.4) is 0 Å². The van der Waals surface area contributed by atoms with E-state index in [-0.39, 0.29) is 17.9 Å². The quantitative estimate of drug-likeness (QED) is 0.780. The molecular formula is C15H17F2NO2. The van der Waals surface area contributed by atoms with Crippen molar-refractivity contribution in [3.05, 3.63) is 35.4 Å². The Hall–Kier alpha value is -1.49. The first-order chi connectivity index (χ1) is 9.65. The van der Waals surface area contributed by atoms with Crippen LogP contribution in [-0.2, 0) is 9.53 Å². The van der Waals surface area contributed by atoms with Crippen LogP contribution in [0.15, 0.2) is 18.2 Å². The molecular weight excluding hydrogens is 264 g/mol. The number of piperidine rings is 1. The maximum absolute atomic E-state index is 13.3. The van der Waals surface area contributed by atoms with Gasteiger partial charge in [0.2, 0.25) is 0 Å². The fourth-order valence-electron chi connectivity index (χ4n) is 3.13. The average Bonchev–Trinajstić information content (AvgIpc) is 2.88. The number of cyclic esters (lactones) is 1. The summed E-state index contributed by atoms with van der Waals surface area (Å²) in [5, 5.41) is 0. The maximum atomic E-state index is 13.3. The van der Waals surface area contributed by atoms with Gasteiger partial charge in [0.25, 0.3) is 0 Å². The SMILES string of the molecule is O=C1OCC[C@@H]1N1CCC(c2ccc(F)c(F)c2)CC1. The maximum Gasteiger partial charge on any atom is 0.323 e. The van der Waals surface area contributed by atoms with Crippen molar-refractivity contribution in [3.63, 3.8) is 0 Å². The number of hydrogen-bond donors (Lipinski definition) is 0. The van der Waals surface area contributed by atoms with Crippen molar-refractivity contribution in [3.8, 4) is 0 Å². The van der Waals surface area contributed by atoms with E-state index in [1.165, 1.54) is 12.1 Å². The van der Waals surface area contributed by atoms with Gasteiger partial charge in [0, 0.05) is 6.42 Å². The van der Waals surface area contributed by atoms with Crippen LogP contribution in [0, 0.1) is 11.6 Å². The highest BCUT2D eigenvalue weighted by atomic mass is 19.2. The molecule has 0 amide bonds. The molecule has 3 nitrogen and oxygen atoms in total. The molecule has 2 aliphatic rings. The predicted molar refractivity (Wildman–Crippen MR) is 69.3 cm³/mol. The van der Waals surface area contributed by atoms with E-state index in [1.54, 1.807) is 6.07 Å². The highest BCUT2D eigenvalue weighted by Gasteiger charge is 2.34. The highest BCUT2D eigenvalue weighted by Crippen LogP contribution is 2.30. The largest absolute Gasteiger partial charge is 0.464 e. The van der Waals surface area contributed by atoms with Crippen LogP contribution < -0.4 is 0 Å². The number of carbonyl (C=O) groups is 1. The third-order valence-corrected chi connectivity index (χ3v) is 4.29. The average molecular weight is 281 g/mol. The molecule has 2 saturated heterocycles. The molecule has 1 aromatic rings. The van der Waals surface area contributed by atoms with Crippen molar-refractivity contribution < 1.29 is 18.3 Å². The Morgan fingerprint density at radius 3 is 2.45 bits per heavy atom. The third-order valence-electron chi connectivity index (χ3n) is 4.29. The summed E-state index contributed by atoms with van der Waals surface area (Å²) >= 11 is 0. The summed E-state index contributed by atoms with van der Waals surface area (Å²) in [4.78, 5) is 13.7. The number of nitrogens with zero attached hydrogens (tertiary/aromatic N) is 1. The van der Waals surface area contributed by atoms with E-state index in [4.69, 9.17) is 4.74 Å². The lowest BCUT2D eigenvalue weighted by Gasteiger charge is -2.34. The van der Waals surface area contributed by atoms with Crippen LogP contribution in [0.2, 0.25) is 0 Å². The molecule has 0 radical (unpaired) electrons. The molecule has 0 spiro atoms. The fraction of sp³-hybridized carbons (Fsp3) is 0.533. The molecule has 108 valence electrons. The number of benzene rings is 1. The number of rotatable bonds is 2. The summed E-state index contributed by atoms with van der Waals surface area (Å²) in [6.07, 6.45) is 2.47. The smallest absolute Gasteiger partial charge is 0.323 e. The lowest BCUT2D eigenvalue weighted by atomic mass is 9.88. The molecule has 1 aromatic carbocycles. The van der Waals surface area contributed by atoms with Gasteiger partial charge in [0.1, 0.15) is 6.04 Å². The van der Waals surface area contributed by atoms with Crippen molar-refractivity contribution in [2.45, 2.75) is 31.2 Å². The van der Waals surface area contributed by atoms with Crippen molar-refractivity contribution in [1.29, 1.82) is 0 Å². The van der Waals surface area contributed by atoms with Crippen molar-refractivity contribution in [1.82, 2.24) is 4.90 Å². The molecule has 0 aromatic heterocycles. The molecule has 1 atom stereocenters. The van der Waals surface area contributed by atoms with Crippen LogP contribution in [0.25, 0.3) is 0 Å². The van der Waals surface area contributed by atoms with E-state index in [1.807, 2.05) is 0 Å². The van der Waals surface area contributed by atoms with E-state index < -0.39 is 11.6 Å². The van der Waals surface area contributed by atoms with E-state index >= 15 is 0 Å². The summed E-state index contributed by atoms with van der Waals surface area (Å²) in [6, 6.07) is 4.02. The fourth-order valence-corrected chi connectivity index (χ4v) is 3.13. The Morgan fingerprint density at radius 1 is 1.10 bits per heavy atom. The molecule has 0 saturated carbocycles. The third kappa shape index (κ3) is 2.54. The molecule has 0 aliphatic carbocycles. The zero-order chi connectivity index (χ0) is 14.1. The summed E-state index contributed by atoms with van der Waals surface area (Å²) in [5.41, 5.74) is 0.845. The van der Waals surface area contributed by atoms with E-state index in [0.29, 0.717) is 6.61 Å². The lowest BCUT2D eigenvalue weighted by molar-refractivity contribution is -0.142. The van der Waals surface area contributed by atoms with Gasteiger partial charge in [-0.25, -0.2) is 8.78 Å². The number of esters is 1. The second-order valence-electron chi connectivity index (χ2n) is 5.46. The first-order valence-electron chi connectivity index (χ1n) is 7.01. The van der Waals surface area contributed by atoms with Gasteiger partial charge in [-0.05, 0) is 49.5 Å². The normalized spacial score (nSPS) is 24.9. The van der Waals surface area contributed by atoms with Crippen molar-refractivity contribution in [2.75, 3.05) is 19.7 Å². The Balaban J connectivity index is 1.63. The standard InChI is InChI=1S/C15H17F2NO2/c16-12-2-1-11(9-13(12)17)10-3-6-18(7-4-10)14-5-8-20-15(14)19/h1-2,9-10,14H,3-8H2/t14-/m0/s1. The van der Waals surface area contributed by atoms with E-state index in [9.17, 15) is 13.6 Å². The van der Waals surface area contributed by atoms with E-state index in [0.717, 1.165) is 37.9 Å². The van der Waals surface area contributed by atoms with Crippen LogP contribution in [-0.4, -0.2) is 36.6 Å². The monoisotopic (exact) mass is 281 g/mol. The topological polar surface area (TPSA) is 29.5 Å². The van der Waals surface area contributed by atoms with Gasteiger partial charge in [-0.15, -0.1) is 0 Å². The summed E-state index contributed by atoms with van der Waals surface area (Å²) in [6.45, 7) is 2.10. The molecule has 0 unspecified atom stereocenters. The number of hydrogen-bond acceptors (Lipinski definition) is 3. The highest BCUT2D eigenvalue weighted by molar-refractivity contribution is 5.77.